The second-order valence-electron chi connectivity index (χ2n) is 9.37. The number of rotatable bonds is 8. The molecule has 11 heteroatoms. The van der Waals surface area contributed by atoms with Gasteiger partial charge in [-0.1, -0.05) is 0 Å². The highest BCUT2D eigenvalue weighted by Crippen LogP contribution is 2.38. The second kappa shape index (κ2) is 9.40. The monoisotopic (exact) mass is 508 g/mol. The number of hydrogen-bond donors (Lipinski definition) is 3. The summed E-state index contributed by atoms with van der Waals surface area (Å²) in [6.45, 7) is 8.60. The summed E-state index contributed by atoms with van der Waals surface area (Å²) in [6, 6.07) is 7.32. The predicted molar refractivity (Wildman–Crippen MR) is 139 cm³/mol. The molecule has 1 aliphatic heterocycles. The molecule has 36 heavy (non-hydrogen) atoms. The maximum Gasteiger partial charge on any atom is 0.268 e. The Kier molecular flexibility index (Phi) is 6.27. The fraction of sp³-hybridized carbons (Fsp3) is 0.360. The van der Waals surface area contributed by atoms with Crippen LogP contribution in [0.2, 0.25) is 0 Å². The zero-order valence-electron chi connectivity index (χ0n) is 20.5. The van der Waals surface area contributed by atoms with E-state index in [9.17, 15) is 9.59 Å². The van der Waals surface area contributed by atoms with Crippen LogP contribution < -0.4 is 15.4 Å². The number of ether oxygens (including phenoxy) is 2. The quantitative estimate of drug-likeness (QED) is 0.297. The highest BCUT2D eigenvalue weighted by Gasteiger charge is 2.36. The van der Waals surface area contributed by atoms with Crippen LogP contribution in [0.3, 0.4) is 0 Å². The van der Waals surface area contributed by atoms with Gasteiger partial charge in [-0.2, -0.15) is 5.10 Å². The van der Waals surface area contributed by atoms with Crippen LogP contribution in [0, 0.1) is 0 Å². The van der Waals surface area contributed by atoms with E-state index in [1.807, 2.05) is 30.5 Å². The number of anilines is 2. The van der Waals surface area contributed by atoms with Gasteiger partial charge in [-0.3, -0.25) is 20.0 Å². The van der Waals surface area contributed by atoms with Gasteiger partial charge in [0.25, 0.3) is 11.8 Å². The standard InChI is InChI=1S/C25H28N6O4S/c1-14(2)34-9-5-8-31-18-11-19-17(28-23(33)25(3,4)35-19)10-16(18)29-24(31)30-22(32)21-7-6-20(36-21)15-12-26-27-13-15/h6-7,10-14H,5,8-9H2,1-4H3,(H,26,27)(H,28,33)(H,29,30,32). The molecule has 0 bridgehead atoms. The van der Waals surface area contributed by atoms with Crippen molar-refractivity contribution in [2.45, 2.75) is 52.4 Å². The molecule has 0 fully saturated rings. The molecular weight excluding hydrogens is 480 g/mol. The molecule has 0 saturated heterocycles. The van der Waals surface area contributed by atoms with Gasteiger partial charge in [0.15, 0.2) is 5.60 Å². The third-order valence-corrected chi connectivity index (χ3v) is 6.96. The summed E-state index contributed by atoms with van der Waals surface area (Å²) in [5, 5.41) is 12.6. The Morgan fingerprint density at radius 1 is 1.31 bits per heavy atom. The van der Waals surface area contributed by atoms with Crippen LogP contribution in [0.25, 0.3) is 21.5 Å². The highest BCUT2D eigenvalue weighted by atomic mass is 32.1. The van der Waals surface area contributed by atoms with E-state index >= 15 is 0 Å². The van der Waals surface area contributed by atoms with Gasteiger partial charge in [-0.25, -0.2) is 4.98 Å². The maximum atomic E-state index is 13.1. The van der Waals surface area contributed by atoms with Gasteiger partial charge in [0.05, 0.1) is 33.9 Å². The molecule has 1 aromatic carbocycles. The Bertz CT molecular complexity index is 1420. The van der Waals surface area contributed by atoms with Gasteiger partial charge in [0, 0.05) is 35.9 Å². The van der Waals surface area contributed by atoms with Crippen molar-refractivity contribution in [3.8, 4) is 16.2 Å². The SMILES string of the molecule is CC(C)OCCCn1c(NC(=O)c2ccc(-c3cn[nH]c3)s2)nc2cc3c(cc21)OC(C)(C)C(=O)N3. The van der Waals surface area contributed by atoms with Crippen molar-refractivity contribution in [1.82, 2.24) is 19.7 Å². The summed E-state index contributed by atoms with van der Waals surface area (Å²) in [5.41, 5.74) is 1.93. The van der Waals surface area contributed by atoms with Gasteiger partial charge in [-0.15, -0.1) is 11.3 Å². The maximum absolute atomic E-state index is 13.1. The van der Waals surface area contributed by atoms with Crippen LogP contribution in [0.1, 0.15) is 43.8 Å². The van der Waals surface area contributed by atoms with Crippen molar-refractivity contribution in [3.63, 3.8) is 0 Å². The molecule has 0 atom stereocenters. The average Bonchev–Trinajstić information content (AvgIpc) is 3.56. The number of nitrogens with one attached hydrogen (secondary N) is 3. The van der Waals surface area contributed by atoms with E-state index in [1.54, 1.807) is 38.4 Å². The number of aromatic amines is 1. The molecule has 1 aliphatic rings. The highest BCUT2D eigenvalue weighted by molar-refractivity contribution is 7.17. The molecule has 3 N–H and O–H groups in total. The number of aryl methyl sites for hydroxylation is 1. The van der Waals surface area contributed by atoms with E-state index in [-0.39, 0.29) is 17.9 Å². The zero-order valence-corrected chi connectivity index (χ0v) is 21.4. The van der Waals surface area contributed by atoms with Crippen LogP contribution in [0.5, 0.6) is 5.75 Å². The Morgan fingerprint density at radius 3 is 2.89 bits per heavy atom. The molecule has 2 amide bonds. The lowest BCUT2D eigenvalue weighted by atomic mass is 10.1. The Hall–Kier alpha value is -3.70. The van der Waals surface area contributed by atoms with E-state index in [2.05, 4.69) is 20.8 Å². The first-order chi connectivity index (χ1) is 17.2. The predicted octanol–water partition coefficient (Wildman–Crippen LogP) is 4.66. The van der Waals surface area contributed by atoms with E-state index in [4.69, 9.17) is 14.5 Å². The molecule has 5 rings (SSSR count). The van der Waals surface area contributed by atoms with Crippen molar-refractivity contribution in [2.24, 2.45) is 0 Å². The smallest absolute Gasteiger partial charge is 0.268 e. The van der Waals surface area contributed by atoms with Crippen molar-refractivity contribution in [2.75, 3.05) is 17.2 Å². The molecule has 3 aromatic heterocycles. The van der Waals surface area contributed by atoms with Crippen LogP contribution in [0.4, 0.5) is 11.6 Å². The van der Waals surface area contributed by atoms with Crippen LogP contribution in [-0.4, -0.2) is 49.9 Å². The molecule has 188 valence electrons. The van der Waals surface area contributed by atoms with Crippen molar-refractivity contribution in [1.29, 1.82) is 0 Å². The fourth-order valence-electron chi connectivity index (χ4n) is 3.96. The summed E-state index contributed by atoms with van der Waals surface area (Å²) >= 11 is 1.38. The topological polar surface area (TPSA) is 123 Å². The van der Waals surface area contributed by atoms with Gasteiger partial charge in [0.2, 0.25) is 5.95 Å². The number of hydrogen-bond acceptors (Lipinski definition) is 7. The lowest BCUT2D eigenvalue weighted by Gasteiger charge is -2.31. The molecule has 0 aliphatic carbocycles. The van der Waals surface area contributed by atoms with Crippen LogP contribution in [-0.2, 0) is 16.1 Å². The van der Waals surface area contributed by atoms with E-state index in [0.717, 1.165) is 22.4 Å². The fourth-order valence-corrected chi connectivity index (χ4v) is 4.84. The molecule has 4 heterocycles. The summed E-state index contributed by atoms with van der Waals surface area (Å²) in [5.74, 6) is 0.512. The van der Waals surface area contributed by atoms with Gasteiger partial charge < -0.3 is 19.4 Å². The van der Waals surface area contributed by atoms with Gasteiger partial charge in [0.1, 0.15) is 5.75 Å². The van der Waals surface area contributed by atoms with E-state index < -0.39 is 5.60 Å². The van der Waals surface area contributed by atoms with Crippen molar-refractivity contribution in [3.05, 3.63) is 41.5 Å². The van der Waals surface area contributed by atoms with Gasteiger partial charge in [-0.05, 0) is 52.3 Å². The van der Waals surface area contributed by atoms with Crippen molar-refractivity contribution >= 4 is 45.8 Å². The molecule has 0 unspecified atom stereocenters. The van der Waals surface area contributed by atoms with Crippen LogP contribution >= 0.6 is 11.3 Å². The Labute approximate surface area is 212 Å². The number of imidazole rings is 1. The normalized spacial score (nSPS) is 14.5. The molecule has 4 aromatic rings. The molecule has 0 spiro atoms. The van der Waals surface area contributed by atoms with E-state index in [1.165, 1.54) is 11.3 Å². The first-order valence-corrected chi connectivity index (χ1v) is 12.6. The minimum atomic E-state index is -0.987. The molecular formula is C25H28N6O4S. The summed E-state index contributed by atoms with van der Waals surface area (Å²) in [6.07, 6.45) is 4.38. The first-order valence-electron chi connectivity index (χ1n) is 11.8. The minimum Gasteiger partial charge on any atom is -0.476 e. The molecule has 10 nitrogen and oxygen atoms in total. The van der Waals surface area contributed by atoms with Crippen LogP contribution in [0.15, 0.2) is 36.7 Å². The lowest BCUT2D eigenvalue weighted by molar-refractivity contribution is -0.129. The number of nitrogens with zero attached hydrogens (tertiary/aromatic N) is 3. The van der Waals surface area contributed by atoms with Crippen molar-refractivity contribution < 1.29 is 19.1 Å². The van der Waals surface area contributed by atoms with E-state index in [0.29, 0.717) is 40.9 Å². The average molecular weight is 509 g/mol. The number of H-pyrrole nitrogens is 1. The number of amides is 2. The first kappa shape index (κ1) is 24.0. The third kappa shape index (κ3) is 4.71. The summed E-state index contributed by atoms with van der Waals surface area (Å²) < 4.78 is 13.6. The second-order valence-corrected chi connectivity index (χ2v) is 10.5. The minimum absolute atomic E-state index is 0.137. The lowest BCUT2D eigenvalue weighted by Crippen LogP contribution is -2.45. The van der Waals surface area contributed by atoms with Gasteiger partial charge >= 0.3 is 0 Å². The number of carbonyl (C=O) groups excluding carboxylic acids is 2. The number of benzene rings is 1. The number of thiophene rings is 1. The summed E-state index contributed by atoms with van der Waals surface area (Å²) in [7, 11) is 0. The number of aromatic nitrogens is 4. The number of carbonyl (C=O) groups is 2. The Morgan fingerprint density at radius 2 is 2.14 bits per heavy atom. The Balaban J connectivity index is 1.46. The summed E-state index contributed by atoms with van der Waals surface area (Å²) in [4.78, 5) is 31.7. The number of fused-ring (bicyclic) bond motifs is 2. The largest absolute Gasteiger partial charge is 0.476 e. The zero-order chi connectivity index (χ0) is 25.4. The molecule has 0 saturated carbocycles. The third-order valence-electron chi connectivity index (χ3n) is 5.82. The molecule has 0 radical (unpaired) electrons.